The first kappa shape index (κ1) is 20.2. The van der Waals surface area contributed by atoms with Crippen LogP contribution in [0.15, 0.2) is 46.0 Å². The molecule has 1 N–H and O–H groups in total. The number of pyridine rings is 1. The molecule has 0 saturated heterocycles. The first-order valence-corrected chi connectivity index (χ1v) is 8.80. The Labute approximate surface area is 158 Å². The molecule has 0 aliphatic rings. The molecular formula is C16H11BrF3NO4S. The molecule has 138 valence electrons. The number of ketones is 1. The SMILES string of the molecule is O=C(CSc1ncccc1C(=O)O)Cc1cc(OC(F)(F)F)ccc1Br. The number of carboxylic acids is 1. The second kappa shape index (κ2) is 8.54. The molecule has 1 heterocycles. The van der Waals surface area contributed by atoms with E-state index in [1.54, 1.807) is 0 Å². The van der Waals surface area contributed by atoms with E-state index in [9.17, 15) is 22.8 Å². The number of nitrogens with zero attached hydrogens (tertiary/aromatic N) is 1. The number of Topliss-reactive ketones (excluding diaryl/α,β-unsaturated/α-hetero) is 1. The number of carboxylic acid groups (broad SMARTS) is 1. The zero-order valence-electron chi connectivity index (χ0n) is 12.9. The van der Waals surface area contributed by atoms with Gasteiger partial charge in [0.1, 0.15) is 16.6 Å². The molecule has 0 bridgehead atoms. The normalized spacial score (nSPS) is 11.2. The molecule has 0 radical (unpaired) electrons. The van der Waals surface area contributed by atoms with E-state index in [-0.39, 0.29) is 28.5 Å². The lowest BCUT2D eigenvalue weighted by Crippen LogP contribution is -2.17. The highest BCUT2D eigenvalue weighted by molar-refractivity contribution is 9.10. The molecule has 0 amide bonds. The molecule has 2 aromatic rings. The summed E-state index contributed by atoms with van der Waals surface area (Å²) in [4.78, 5) is 27.2. The standard InChI is InChI=1S/C16H11BrF3NO4S/c17-13-4-3-11(25-16(18,19)20)7-9(13)6-10(22)8-26-14-12(15(23)24)2-1-5-21-14/h1-5,7H,6,8H2,(H,23,24). The number of rotatable bonds is 7. The number of carbonyl (C=O) groups excluding carboxylic acids is 1. The van der Waals surface area contributed by atoms with Gasteiger partial charge in [0, 0.05) is 17.1 Å². The minimum Gasteiger partial charge on any atom is -0.478 e. The van der Waals surface area contributed by atoms with E-state index < -0.39 is 18.1 Å². The Morgan fingerprint density at radius 2 is 2.00 bits per heavy atom. The molecule has 0 fully saturated rings. The number of hydrogen-bond donors (Lipinski definition) is 1. The van der Waals surface area contributed by atoms with E-state index in [1.165, 1.54) is 24.4 Å². The Morgan fingerprint density at radius 3 is 2.65 bits per heavy atom. The van der Waals surface area contributed by atoms with Crippen molar-refractivity contribution in [3.63, 3.8) is 0 Å². The van der Waals surface area contributed by atoms with Gasteiger partial charge in [0.15, 0.2) is 0 Å². The molecule has 0 unspecified atom stereocenters. The van der Waals surface area contributed by atoms with Crippen molar-refractivity contribution >= 4 is 39.4 Å². The predicted molar refractivity (Wildman–Crippen MR) is 91.5 cm³/mol. The first-order chi connectivity index (χ1) is 12.2. The van der Waals surface area contributed by atoms with Crippen LogP contribution in [0.25, 0.3) is 0 Å². The number of halogens is 4. The maximum atomic E-state index is 12.3. The topological polar surface area (TPSA) is 76.5 Å². The van der Waals surface area contributed by atoms with Gasteiger partial charge in [0.2, 0.25) is 0 Å². The lowest BCUT2D eigenvalue weighted by atomic mass is 10.1. The Morgan fingerprint density at radius 1 is 1.27 bits per heavy atom. The molecule has 0 spiro atoms. The highest BCUT2D eigenvalue weighted by Crippen LogP contribution is 2.28. The van der Waals surface area contributed by atoms with Crippen LogP contribution in [0, 0.1) is 0 Å². The quantitative estimate of drug-likeness (QED) is 0.633. The monoisotopic (exact) mass is 449 g/mol. The third-order valence-electron chi connectivity index (χ3n) is 3.01. The molecule has 2 rings (SSSR count). The van der Waals surface area contributed by atoms with Crippen LogP contribution in [0.3, 0.4) is 0 Å². The number of aromatic carboxylic acids is 1. The summed E-state index contributed by atoms with van der Waals surface area (Å²) >= 11 is 4.13. The minimum absolute atomic E-state index is 0.0212. The van der Waals surface area contributed by atoms with Gasteiger partial charge in [0.25, 0.3) is 0 Å². The van der Waals surface area contributed by atoms with Crippen molar-refractivity contribution in [2.24, 2.45) is 0 Å². The molecular weight excluding hydrogens is 439 g/mol. The van der Waals surface area contributed by atoms with Crippen molar-refractivity contribution < 1.29 is 32.6 Å². The average Bonchev–Trinajstić information content (AvgIpc) is 2.55. The van der Waals surface area contributed by atoms with Gasteiger partial charge in [-0.3, -0.25) is 4.79 Å². The van der Waals surface area contributed by atoms with Gasteiger partial charge in [-0.25, -0.2) is 9.78 Å². The number of aromatic nitrogens is 1. The zero-order valence-corrected chi connectivity index (χ0v) is 15.3. The van der Waals surface area contributed by atoms with Crippen molar-refractivity contribution in [1.29, 1.82) is 0 Å². The van der Waals surface area contributed by atoms with E-state index in [0.717, 1.165) is 23.9 Å². The number of carbonyl (C=O) groups is 2. The summed E-state index contributed by atoms with van der Waals surface area (Å²) in [5.41, 5.74) is 0.309. The van der Waals surface area contributed by atoms with E-state index in [2.05, 4.69) is 25.7 Å². The van der Waals surface area contributed by atoms with Gasteiger partial charge in [-0.05, 0) is 35.9 Å². The summed E-state index contributed by atoms with van der Waals surface area (Å²) in [7, 11) is 0. The third kappa shape index (κ3) is 6.03. The molecule has 10 heteroatoms. The van der Waals surface area contributed by atoms with Crippen LogP contribution in [-0.2, 0) is 11.2 Å². The second-order valence-electron chi connectivity index (χ2n) is 4.97. The van der Waals surface area contributed by atoms with Gasteiger partial charge in [-0.15, -0.1) is 13.2 Å². The zero-order chi connectivity index (χ0) is 19.3. The van der Waals surface area contributed by atoms with Crippen molar-refractivity contribution in [1.82, 2.24) is 4.98 Å². The summed E-state index contributed by atoms with van der Waals surface area (Å²) in [6, 6.07) is 6.46. The van der Waals surface area contributed by atoms with Gasteiger partial charge in [-0.1, -0.05) is 27.7 Å². The lowest BCUT2D eigenvalue weighted by Gasteiger charge is -2.11. The van der Waals surface area contributed by atoms with Gasteiger partial charge >= 0.3 is 12.3 Å². The fourth-order valence-electron chi connectivity index (χ4n) is 1.96. The van der Waals surface area contributed by atoms with Gasteiger partial charge < -0.3 is 9.84 Å². The third-order valence-corrected chi connectivity index (χ3v) is 4.85. The van der Waals surface area contributed by atoms with Crippen LogP contribution in [0.1, 0.15) is 15.9 Å². The summed E-state index contributed by atoms with van der Waals surface area (Å²) < 4.78 is 41.2. The summed E-state index contributed by atoms with van der Waals surface area (Å²) in [6.45, 7) is 0. The minimum atomic E-state index is -4.82. The molecule has 0 atom stereocenters. The summed E-state index contributed by atoms with van der Waals surface area (Å²) in [6.07, 6.45) is -3.55. The molecule has 0 saturated carbocycles. The Kier molecular flexibility index (Phi) is 6.65. The fourth-order valence-corrected chi connectivity index (χ4v) is 3.20. The van der Waals surface area contributed by atoms with E-state index in [4.69, 9.17) is 5.11 Å². The van der Waals surface area contributed by atoms with E-state index in [0.29, 0.717) is 10.0 Å². The second-order valence-corrected chi connectivity index (χ2v) is 6.78. The number of benzene rings is 1. The summed E-state index contributed by atoms with van der Waals surface area (Å²) in [5, 5.41) is 9.27. The van der Waals surface area contributed by atoms with Gasteiger partial charge in [-0.2, -0.15) is 0 Å². The number of thioether (sulfide) groups is 1. The van der Waals surface area contributed by atoms with Crippen molar-refractivity contribution in [3.8, 4) is 5.75 Å². The van der Waals surface area contributed by atoms with Gasteiger partial charge in [0.05, 0.1) is 11.3 Å². The van der Waals surface area contributed by atoms with Crippen LogP contribution in [-0.4, -0.2) is 34.0 Å². The predicted octanol–water partition coefficient (Wildman–Crippen LogP) is 4.34. The van der Waals surface area contributed by atoms with Crippen LogP contribution in [0.2, 0.25) is 0 Å². The highest BCUT2D eigenvalue weighted by Gasteiger charge is 2.31. The number of alkyl halides is 3. The fraction of sp³-hybridized carbons (Fsp3) is 0.188. The maximum absolute atomic E-state index is 12.3. The number of ether oxygens (including phenoxy) is 1. The highest BCUT2D eigenvalue weighted by atomic mass is 79.9. The van der Waals surface area contributed by atoms with E-state index >= 15 is 0 Å². The van der Waals surface area contributed by atoms with E-state index in [1.807, 2.05) is 0 Å². The summed E-state index contributed by atoms with van der Waals surface area (Å²) in [5.74, 6) is -1.96. The van der Waals surface area contributed by atoms with Crippen molar-refractivity contribution in [2.75, 3.05) is 5.75 Å². The van der Waals surface area contributed by atoms with Crippen molar-refractivity contribution in [3.05, 3.63) is 52.1 Å². The molecule has 5 nitrogen and oxygen atoms in total. The maximum Gasteiger partial charge on any atom is 0.573 e. The molecule has 26 heavy (non-hydrogen) atoms. The Bertz CT molecular complexity index is 829. The molecule has 1 aromatic heterocycles. The van der Waals surface area contributed by atoms with Crippen LogP contribution in [0.5, 0.6) is 5.75 Å². The molecule has 0 aliphatic carbocycles. The molecule has 0 aliphatic heterocycles. The van der Waals surface area contributed by atoms with Crippen LogP contribution >= 0.6 is 27.7 Å². The lowest BCUT2D eigenvalue weighted by molar-refractivity contribution is -0.274. The Balaban J connectivity index is 2.04. The Hall–Kier alpha value is -2.07. The first-order valence-electron chi connectivity index (χ1n) is 7.02. The molecule has 1 aromatic carbocycles. The smallest absolute Gasteiger partial charge is 0.478 e. The van der Waals surface area contributed by atoms with Crippen LogP contribution in [0.4, 0.5) is 13.2 Å². The van der Waals surface area contributed by atoms with Crippen molar-refractivity contribution in [2.45, 2.75) is 17.8 Å². The van der Waals surface area contributed by atoms with Crippen LogP contribution < -0.4 is 4.74 Å². The average molecular weight is 450 g/mol. The largest absolute Gasteiger partial charge is 0.573 e. The number of hydrogen-bond acceptors (Lipinski definition) is 5.